The van der Waals surface area contributed by atoms with E-state index in [4.69, 9.17) is 28.8 Å². The van der Waals surface area contributed by atoms with Crippen molar-refractivity contribution in [3.8, 4) is 22.8 Å². The van der Waals surface area contributed by atoms with Crippen LogP contribution in [0.4, 0.5) is 4.79 Å². The number of alkyl carbamates (subject to hydrolysis) is 1. The Balaban J connectivity index is 1.33. The molecular weight excluding hydrogens is 562 g/mol. The van der Waals surface area contributed by atoms with Crippen LogP contribution < -0.4 is 14.8 Å². The summed E-state index contributed by atoms with van der Waals surface area (Å²) in [5, 5.41) is 8.62. The van der Waals surface area contributed by atoms with E-state index in [9.17, 15) is 9.59 Å². The quantitative estimate of drug-likeness (QED) is 0.142. The topological polar surface area (TPSA) is 110 Å². The number of nitrogens with zero attached hydrogens (tertiary/aromatic N) is 2. The number of methoxy groups -OCH3 is 1. The lowest BCUT2D eigenvalue weighted by Gasteiger charge is -2.23. The summed E-state index contributed by atoms with van der Waals surface area (Å²) in [5.74, 6) is 0.760. The molecule has 10 nitrogen and oxygen atoms in total. The molecule has 1 aliphatic heterocycles. The van der Waals surface area contributed by atoms with Crippen LogP contribution in [0.3, 0.4) is 0 Å². The van der Waals surface area contributed by atoms with Gasteiger partial charge in [-0.2, -0.15) is 5.10 Å². The van der Waals surface area contributed by atoms with Gasteiger partial charge in [-0.25, -0.2) is 14.3 Å². The fourth-order valence-electron chi connectivity index (χ4n) is 5.10. The number of carbonyl (C=O) groups is 2. The molecule has 1 N–H and O–H groups in total. The zero-order chi connectivity index (χ0) is 30.9. The van der Waals surface area contributed by atoms with Crippen LogP contribution in [0.25, 0.3) is 22.2 Å². The Hall–Kier alpha value is -4.57. The summed E-state index contributed by atoms with van der Waals surface area (Å²) in [6.45, 7) is 5.57. The molecule has 3 aromatic carbocycles. The highest BCUT2D eigenvalue weighted by molar-refractivity contribution is 5.97. The number of hydrogen-bond donors (Lipinski definition) is 1. The monoisotopic (exact) mass is 601 g/mol. The molecule has 1 unspecified atom stereocenters. The second-order valence-electron chi connectivity index (χ2n) is 10.9. The van der Waals surface area contributed by atoms with Gasteiger partial charge in [0.2, 0.25) is 0 Å². The van der Waals surface area contributed by atoms with Crippen molar-refractivity contribution >= 4 is 23.0 Å². The van der Waals surface area contributed by atoms with Gasteiger partial charge in [-0.15, -0.1) is 0 Å². The Morgan fingerprint density at radius 1 is 1.05 bits per heavy atom. The number of carbonyl (C=O) groups excluding carboxylic acids is 2. The van der Waals surface area contributed by atoms with Gasteiger partial charge >= 0.3 is 12.1 Å². The summed E-state index contributed by atoms with van der Waals surface area (Å²) in [5.41, 5.74) is 3.61. The van der Waals surface area contributed by atoms with Crippen molar-refractivity contribution in [3.63, 3.8) is 0 Å². The number of hydrogen-bond acceptors (Lipinski definition) is 8. The van der Waals surface area contributed by atoms with E-state index < -0.39 is 12.1 Å². The molecule has 0 saturated carbocycles. The van der Waals surface area contributed by atoms with Gasteiger partial charge in [0, 0.05) is 24.1 Å². The van der Waals surface area contributed by atoms with Crippen LogP contribution in [0.1, 0.15) is 61.7 Å². The molecule has 10 heteroatoms. The third kappa shape index (κ3) is 7.87. The predicted molar refractivity (Wildman–Crippen MR) is 166 cm³/mol. The molecule has 0 bridgehead atoms. The number of amides is 1. The Labute approximate surface area is 257 Å². The lowest BCUT2D eigenvalue weighted by Crippen LogP contribution is -2.26. The molecule has 1 amide bonds. The van der Waals surface area contributed by atoms with Gasteiger partial charge in [-0.05, 0) is 81.5 Å². The van der Waals surface area contributed by atoms with E-state index in [2.05, 4.69) is 5.32 Å². The summed E-state index contributed by atoms with van der Waals surface area (Å²) in [7, 11) is 1.36. The molecule has 1 fully saturated rings. The lowest BCUT2D eigenvalue weighted by atomic mass is 10.0. The Bertz CT molecular complexity index is 1560. The molecule has 2 heterocycles. The molecule has 4 aromatic rings. The minimum absolute atomic E-state index is 0.0825. The van der Waals surface area contributed by atoms with Crippen molar-refractivity contribution in [1.29, 1.82) is 0 Å². The number of rotatable bonds is 12. The van der Waals surface area contributed by atoms with E-state index in [0.29, 0.717) is 48.9 Å². The highest BCUT2D eigenvalue weighted by Gasteiger charge is 2.23. The molecule has 0 spiro atoms. The average molecular weight is 602 g/mol. The molecule has 1 atom stereocenters. The summed E-state index contributed by atoms with van der Waals surface area (Å²) in [6.07, 6.45) is 2.80. The number of fused-ring (bicyclic) bond motifs is 1. The number of benzene rings is 3. The van der Waals surface area contributed by atoms with Gasteiger partial charge in [0.05, 0.1) is 30.9 Å². The minimum atomic E-state index is -0.465. The third-order valence-electron chi connectivity index (χ3n) is 7.15. The molecule has 1 aliphatic rings. The first-order valence-electron chi connectivity index (χ1n) is 15.0. The van der Waals surface area contributed by atoms with E-state index in [0.717, 1.165) is 41.3 Å². The smallest absolute Gasteiger partial charge is 0.407 e. The van der Waals surface area contributed by atoms with Crippen LogP contribution in [-0.4, -0.2) is 54.8 Å². The number of aromatic nitrogens is 2. The molecule has 1 saturated heterocycles. The maximum absolute atomic E-state index is 12.5. The van der Waals surface area contributed by atoms with E-state index in [-0.39, 0.29) is 18.9 Å². The molecule has 0 radical (unpaired) electrons. The van der Waals surface area contributed by atoms with Gasteiger partial charge in [-0.3, -0.25) is 0 Å². The SMILES string of the molecule is COC(=O)c1cc(OC(C)C)cc(-c2nn(C3CCCCO3)c3ccc(OCCCNC(=O)OCc4ccccc4)cc23)c1. The summed E-state index contributed by atoms with van der Waals surface area (Å²) < 4.78 is 30.3. The van der Waals surface area contributed by atoms with Crippen LogP contribution in [0.2, 0.25) is 0 Å². The van der Waals surface area contributed by atoms with Gasteiger partial charge in [0.1, 0.15) is 23.8 Å². The van der Waals surface area contributed by atoms with Gasteiger partial charge in [0.25, 0.3) is 0 Å². The maximum Gasteiger partial charge on any atom is 0.407 e. The Morgan fingerprint density at radius 3 is 2.64 bits per heavy atom. The van der Waals surface area contributed by atoms with Crippen LogP contribution in [-0.2, 0) is 20.8 Å². The molecule has 5 rings (SSSR count). The maximum atomic E-state index is 12.5. The second-order valence-corrected chi connectivity index (χ2v) is 10.9. The summed E-state index contributed by atoms with van der Waals surface area (Å²) in [6, 6.07) is 20.7. The van der Waals surface area contributed by atoms with Crippen LogP contribution in [0.15, 0.2) is 66.7 Å². The zero-order valence-corrected chi connectivity index (χ0v) is 25.4. The molecular formula is C34H39N3O7. The lowest BCUT2D eigenvalue weighted by molar-refractivity contribution is -0.0365. The number of ether oxygens (including phenoxy) is 5. The van der Waals surface area contributed by atoms with Crippen LogP contribution in [0, 0.1) is 0 Å². The Morgan fingerprint density at radius 2 is 1.89 bits per heavy atom. The van der Waals surface area contributed by atoms with Gasteiger partial charge < -0.3 is 29.0 Å². The summed E-state index contributed by atoms with van der Waals surface area (Å²) in [4.78, 5) is 24.6. The first-order valence-corrected chi connectivity index (χ1v) is 15.0. The first kappa shape index (κ1) is 30.9. The molecule has 44 heavy (non-hydrogen) atoms. The van der Waals surface area contributed by atoms with Gasteiger partial charge in [-0.1, -0.05) is 30.3 Å². The summed E-state index contributed by atoms with van der Waals surface area (Å²) >= 11 is 0. The highest BCUT2D eigenvalue weighted by Crippen LogP contribution is 2.36. The van der Waals surface area contributed by atoms with Crippen LogP contribution in [0.5, 0.6) is 11.5 Å². The first-order chi connectivity index (χ1) is 21.4. The number of nitrogens with one attached hydrogen (secondary N) is 1. The van der Waals surface area contributed by atoms with E-state index in [1.165, 1.54) is 7.11 Å². The largest absolute Gasteiger partial charge is 0.494 e. The molecule has 232 valence electrons. The van der Waals surface area contributed by atoms with E-state index in [1.54, 1.807) is 12.1 Å². The number of esters is 1. The zero-order valence-electron chi connectivity index (χ0n) is 25.4. The van der Waals surface area contributed by atoms with Crippen molar-refractivity contribution in [2.75, 3.05) is 26.9 Å². The van der Waals surface area contributed by atoms with E-state index in [1.807, 2.05) is 73.1 Å². The van der Waals surface area contributed by atoms with Crippen LogP contribution >= 0.6 is 0 Å². The fraction of sp³-hybridized carbons (Fsp3) is 0.382. The minimum Gasteiger partial charge on any atom is -0.494 e. The fourth-order valence-corrected chi connectivity index (χ4v) is 5.10. The van der Waals surface area contributed by atoms with E-state index >= 15 is 0 Å². The van der Waals surface area contributed by atoms with Crippen molar-refractivity contribution in [3.05, 3.63) is 77.9 Å². The standard InChI is InChI=1S/C34H39N3O7/c1-23(2)44-28-19-25(18-26(20-28)33(38)40-3)32-29-21-27(13-14-30(29)37(36-32)31-12-7-8-16-42-31)41-17-9-15-35-34(39)43-22-24-10-5-4-6-11-24/h4-6,10-11,13-14,18-21,23,31H,7-9,12,15-17,22H2,1-3H3,(H,35,39). The van der Waals surface area contributed by atoms with Crippen molar-refractivity contribution in [1.82, 2.24) is 15.1 Å². The normalized spacial score (nSPS) is 14.8. The van der Waals surface area contributed by atoms with Crippen molar-refractivity contribution < 1.29 is 33.3 Å². The van der Waals surface area contributed by atoms with Gasteiger partial charge in [0.15, 0.2) is 6.23 Å². The Kier molecular flexibility index (Phi) is 10.3. The second kappa shape index (κ2) is 14.7. The average Bonchev–Trinajstić information content (AvgIpc) is 3.42. The highest BCUT2D eigenvalue weighted by atomic mass is 16.5. The molecule has 1 aromatic heterocycles. The molecule has 0 aliphatic carbocycles. The van der Waals surface area contributed by atoms with Crippen molar-refractivity contribution in [2.45, 2.75) is 58.5 Å². The predicted octanol–water partition coefficient (Wildman–Crippen LogP) is 6.67. The van der Waals surface area contributed by atoms with Crippen molar-refractivity contribution in [2.24, 2.45) is 0 Å². The third-order valence-corrected chi connectivity index (χ3v) is 7.15.